The Morgan fingerprint density at radius 1 is 1.00 bits per heavy atom. The number of hydrogen-bond donors (Lipinski definition) is 2. The zero-order chi connectivity index (χ0) is 22.2. The fourth-order valence-electron chi connectivity index (χ4n) is 4.16. The summed E-state index contributed by atoms with van der Waals surface area (Å²) in [6.07, 6.45) is 3.89. The Kier molecular flexibility index (Phi) is 5.32. The number of anilines is 1. The van der Waals surface area contributed by atoms with Gasteiger partial charge in [0.2, 0.25) is 0 Å². The van der Waals surface area contributed by atoms with Crippen LogP contribution in [0.3, 0.4) is 0 Å². The number of rotatable bonds is 8. The monoisotopic (exact) mass is 455 g/mol. The molecule has 0 unspecified atom stereocenters. The van der Waals surface area contributed by atoms with Gasteiger partial charge in [-0.05, 0) is 73.7 Å². The van der Waals surface area contributed by atoms with E-state index < -0.39 is 0 Å². The van der Waals surface area contributed by atoms with Crippen molar-refractivity contribution in [3.05, 3.63) is 83.9 Å². The molecule has 2 aliphatic rings. The maximum atomic E-state index is 12.9. The predicted molar refractivity (Wildman–Crippen MR) is 132 cm³/mol. The van der Waals surface area contributed by atoms with Crippen molar-refractivity contribution < 1.29 is 9.53 Å². The molecule has 1 aromatic heterocycles. The molecule has 0 bridgehead atoms. The molecule has 33 heavy (non-hydrogen) atoms. The number of nitrogens with one attached hydrogen (secondary N) is 2. The van der Waals surface area contributed by atoms with Crippen LogP contribution in [-0.2, 0) is 0 Å². The first kappa shape index (κ1) is 20.4. The minimum atomic E-state index is -0.125. The zero-order valence-electron chi connectivity index (χ0n) is 18.2. The Labute approximate surface area is 196 Å². The summed E-state index contributed by atoms with van der Waals surface area (Å²) in [5.41, 5.74) is 2.75. The van der Waals surface area contributed by atoms with Crippen LogP contribution in [0.15, 0.2) is 72.8 Å². The summed E-state index contributed by atoms with van der Waals surface area (Å²) in [6, 6.07) is 24.0. The van der Waals surface area contributed by atoms with Crippen LogP contribution in [0.5, 0.6) is 11.5 Å². The maximum absolute atomic E-state index is 12.9. The van der Waals surface area contributed by atoms with E-state index in [1.165, 1.54) is 29.7 Å². The quantitative estimate of drug-likeness (QED) is 0.332. The minimum Gasteiger partial charge on any atom is -0.457 e. The van der Waals surface area contributed by atoms with E-state index in [1.807, 2.05) is 66.7 Å². The largest absolute Gasteiger partial charge is 0.457 e. The van der Waals surface area contributed by atoms with Crippen LogP contribution >= 0.6 is 11.3 Å². The number of benzene rings is 3. The van der Waals surface area contributed by atoms with Gasteiger partial charge in [-0.1, -0.05) is 41.7 Å². The van der Waals surface area contributed by atoms with Crippen molar-refractivity contribution in [2.45, 2.75) is 31.2 Å². The molecule has 2 fully saturated rings. The summed E-state index contributed by atoms with van der Waals surface area (Å²) in [6.45, 7) is 1.14. The van der Waals surface area contributed by atoms with Crippen LogP contribution in [0.25, 0.3) is 10.2 Å². The van der Waals surface area contributed by atoms with E-state index in [0.717, 1.165) is 40.6 Å². The zero-order valence-corrected chi connectivity index (χ0v) is 19.0. The predicted octanol–water partition coefficient (Wildman–Crippen LogP) is 6.20. The number of amides is 1. The molecule has 2 aliphatic carbocycles. The second-order valence-electron chi connectivity index (χ2n) is 8.94. The number of ether oxygens (including phenoxy) is 1. The van der Waals surface area contributed by atoms with Gasteiger partial charge in [-0.2, -0.15) is 0 Å². The molecule has 6 rings (SSSR count). The second kappa shape index (κ2) is 8.61. The first-order valence-corrected chi connectivity index (χ1v) is 12.3. The molecule has 0 aliphatic heterocycles. The van der Waals surface area contributed by atoms with Gasteiger partial charge in [0.25, 0.3) is 5.91 Å². The molecule has 4 aromatic rings. The number of aromatic nitrogens is 1. The third-order valence-electron chi connectivity index (χ3n) is 6.29. The molecule has 2 saturated carbocycles. The molecule has 0 spiro atoms. The minimum absolute atomic E-state index is 0.125. The summed E-state index contributed by atoms with van der Waals surface area (Å²) in [7, 11) is 0. The SMILES string of the molecule is O=C(Nc1nc2ccc(Oc3ccccc3)cc2s1)c1cccc([C@@H]2C[C@H]2NCC2CC2)c1. The standard InChI is InChI=1S/C27H25N3O2S/c31-26(19-6-4-5-18(13-19)22-15-24(22)28-16-17-9-10-17)30-27-29-23-12-11-21(14-25(23)33-27)32-20-7-2-1-3-8-20/h1-8,11-14,17,22,24,28H,9-10,15-16H2,(H,29,30,31)/t22-,24+/m0/s1. The highest BCUT2D eigenvalue weighted by Gasteiger charge is 2.39. The molecule has 2 N–H and O–H groups in total. The van der Waals surface area contributed by atoms with Crippen LogP contribution in [0.2, 0.25) is 0 Å². The lowest BCUT2D eigenvalue weighted by Gasteiger charge is -2.06. The van der Waals surface area contributed by atoms with Crippen molar-refractivity contribution in [2.24, 2.45) is 5.92 Å². The smallest absolute Gasteiger partial charge is 0.257 e. The first-order chi connectivity index (χ1) is 16.2. The van der Waals surface area contributed by atoms with Crippen molar-refractivity contribution in [2.75, 3.05) is 11.9 Å². The lowest BCUT2D eigenvalue weighted by atomic mass is 10.1. The van der Waals surface area contributed by atoms with Crippen LogP contribution in [0.1, 0.15) is 41.1 Å². The molecule has 3 aromatic carbocycles. The van der Waals surface area contributed by atoms with E-state index in [2.05, 4.69) is 21.7 Å². The summed E-state index contributed by atoms with van der Waals surface area (Å²) in [5.74, 6) is 2.81. The third-order valence-corrected chi connectivity index (χ3v) is 7.23. The van der Waals surface area contributed by atoms with Gasteiger partial charge >= 0.3 is 0 Å². The highest BCUT2D eigenvalue weighted by molar-refractivity contribution is 7.22. The first-order valence-electron chi connectivity index (χ1n) is 11.5. The highest BCUT2D eigenvalue weighted by atomic mass is 32.1. The molecule has 5 nitrogen and oxygen atoms in total. The average molecular weight is 456 g/mol. The fraction of sp³-hybridized carbons (Fsp3) is 0.259. The Hall–Kier alpha value is -3.22. The van der Waals surface area contributed by atoms with Gasteiger partial charge in [-0.3, -0.25) is 10.1 Å². The molecule has 0 radical (unpaired) electrons. The van der Waals surface area contributed by atoms with E-state index in [-0.39, 0.29) is 5.91 Å². The van der Waals surface area contributed by atoms with Crippen molar-refractivity contribution >= 4 is 32.6 Å². The number of carbonyl (C=O) groups excluding carboxylic acids is 1. The Balaban J connectivity index is 1.12. The van der Waals surface area contributed by atoms with Gasteiger partial charge in [-0.15, -0.1) is 0 Å². The van der Waals surface area contributed by atoms with Crippen LogP contribution in [0, 0.1) is 5.92 Å². The summed E-state index contributed by atoms with van der Waals surface area (Å²) >= 11 is 1.45. The van der Waals surface area contributed by atoms with E-state index in [0.29, 0.717) is 22.7 Å². The lowest BCUT2D eigenvalue weighted by Crippen LogP contribution is -2.20. The van der Waals surface area contributed by atoms with E-state index in [9.17, 15) is 4.79 Å². The van der Waals surface area contributed by atoms with Crippen molar-refractivity contribution in [1.29, 1.82) is 0 Å². The topological polar surface area (TPSA) is 63.2 Å². The van der Waals surface area contributed by atoms with Crippen LogP contribution in [0.4, 0.5) is 5.13 Å². The number of hydrogen-bond acceptors (Lipinski definition) is 5. The van der Waals surface area contributed by atoms with E-state index >= 15 is 0 Å². The van der Waals surface area contributed by atoms with E-state index in [4.69, 9.17) is 4.74 Å². The fourth-order valence-corrected chi connectivity index (χ4v) is 5.04. The van der Waals surface area contributed by atoms with Gasteiger partial charge in [0.15, 0.2) is 5.13 Å². The normalized spacial score (nSPS) is 19.4. The molecule has 0 saturated heterocycles. The molecule has 166 valence electrons. The molecule has 1 amide bonds. The Bertz CT molecular complexity index is 1300. The third kappa shape index (κ3) is 4.77. The molecular formula is C27H25N3O2S. The van der Waals surface area contributed by atoms with Crippen LogP contribution < -0.4 is 15.4 Å². The highest BCUT2D eigenvalue weighted by Crippen LogP contribution is 2.42. The second-order valence-corrected chi connectivity index (χ2v) is 9.97. The van der Waals surface area contributed by atoms with Crippen molar-refractivity contribution in [3.8, 4) is 11.5 Å². The van der Waals surface area contributed by atoms with Crippen molar-refractivity contribution in [3.63, 3.8) is 0 Å². The van der Waals surface area contributed by atoms with Gasteiger partial charge < -0.3 is 10.1 Å². The maximum Gasteiger partial charge on any atom is 0.257 e. The van der Waals surface area contributed by atoms with Gasteiger partial charge in [0.05, 0.1) is 10.2 Å². The van der Waals surface area contributed by atoms with Gasteiger partial charge in [0.1, 0.15) is 11.5 Å². The average Bonchev–Trinajstić information content (AvgIpc) is 3.75. The number of thiazole rings is 1. The molecule has 2 atom stereocenters. The van der Waals surface area contributed by atoms with Crippen molar-refractivity contribution in [1.82, 2.24) is 10.3 Å². The van der Waals surface area contributed by atoms with Gasteiger partial charge in [0, 0.05) is 23.6 Å². The Morgan fingerprint density at radius 2 is 1.88 bits per heavy atom. The molecule has 6 heteroatoms. The number of fused-ring (bicyclic) bond motifs is 1. The van der Waals surface area contributed by atoms with Crippen LogP contribution in [-0.4, -0.2) is 23.5 Å². The summed E-state index contributed by atoms with van der Waals surface area (Å²) in [4.78, 5) is 17.5. The number of para-hydroxylation sites is 1. The number of carbonyl (C=O) groups is 1. The summed E-state index contributed by atoms with van der Waals surface area (Å²) in [5, 5.41) is 7.24. The molecular weight excluding hydrogens is 430 g/mol. The van der Waals surface area contributed by atoms with Gasteiger partial charge in [-0.25, -0.2) is 4.98 Å². The lowest BCUT2D eigenvalue weighted by molar-refractivity contribution is 0.102. The number of nitrogens with zero attached hydrogens (tertiary/aromatic N) is 1. The Morgan fingerprint density at radius 3 is 2.73 bits per heavy atom. The van der Waals surface area contributed by atoms with E-state index in [1.54, 1.807) is 0 Å². The summed E-state index contributed by atoms with van der Waals surface area (Å²) < 4.78 is 6.88. The molecule has 1 heterocycles.